The van der Waals surface area contributed by atoms with Crippen molar-refractivity contribution in [3.8, 4) is 0 Å². The molecule has 0 aliphatic carbocycles. The van der Waals surface area contributed by atoms with Crippen molar-refractivity contribution in [3.63, 3.8) is 0 Å². The van der Waals surface area contributed by atoms with Gasteiger partial charge in [0.15, 0.2) is 0 Å². The molecule has 1 saturated heterocycles. The second-order valence-corrected chi connectivity index (χ2v) is 5.40. The summed E-state index contributed by atoms with van der Waals surface area (Å²) in [5.41, 5.74) is -0.439. The molecular weight excluding hydrogens is 308 g/mol. The number of aliphatic carboxylic acids is 1. The van der Waals surface area contributed by atoms with E-state index in [-0.39, 0.29) is 27.9 Å². The van der Waals surface area contributed by atoms with Gasteiger partial charge in [0, 0.05) is 11.8 Å². The number of carboxylic acids is 1. The Morgan fingerprint density at radius 1 is 1.50 bits per heavy atom. The van der Waals surface area contributed by atoms with E-state index in [1.165, 1.54) is 30.0 Å². The van der Waals surface area contributed by atoms with Crippen LogP contribution >= 0.6 is 23.4 Å². The summed E-state index contributed by atoms with van der Waals surface area (Å²) >= 11 is 7.17. The summed E-state index contributed by atoms with van der Waals surface area (Å²) in [4.78, 5) is 34.6. The number of hydrogen-bond acceptors (Lipinski definition) is 5. The third kappa shape index (κ3) is 2.56. The zero-order valence-electron chi connectivity index (χ0n) is 9.98. The van der Waals surface area contributed by atoms with Crippen molar-refractivity contribution in [1.82, 2.24) is 4.90 Å². The Bertz CT molecular complexity index is 594. The number of nitro groups is 1. The maximum atomic E-state index is 12.3. The number of benzene rings is 1. The molecule has 1 amide bonds. The molecule has 106 valence electrons. The van der Waals surface area contributed by atoms with Crippen LogP contribution in [0.2, 0.25) is 5.02 Å². The van der Waals surface area contributed by atoms with Gasteiger partial charge in [-0.15, -0.1) is 11.8 Å². The lowest BCUT2D eigenvalue weighted by molar-refractivity contribution is -0.384. The number of carbonyl (C=O) groups excluding carboxylic acids is 1. The van der Waals surface area contributed by atoms with Crippen molar-refractivity contribution in [2.24, 2.45) is 0 Å². The highest BCUT2D eigenvalue weighted by molar-refractivity contribution is 7.99. The quantitative estimate of drug-likeness (QED) is 0.674. The van der Waals surface area contributed by atoms with E-state index in [9.17, 15) is 19.7 Å². The van der Waals surface area contributed by atoms with Crippen LogP contribution in [0.25, 0.3) is 0 Å². The molecule has 1 unspecified atom stereocenters. The summed E-state index contributed by atoms with van der Waals surface area (Å²) in [5, 5.41) is 19.6. The first-order valence-electron chi connectivity index (χ1n) is 5.48. The van der Waals surface area contributed by atoms with Crippen LogP contribution < -0.4 is 0 Å². The van der Waals surface area contributed by atoms with Gasteiger partial charge in [0.25, 0.3) is 11.6 Å². The van der Waals surface area contributed by atoms with Gasteiger partial charge in [-0.3, -0.25) is 14.9 Å². The van der Waals surface area contributed by atoms with Gasteiger partial charge in [0.05, 0.1) is 16.4 Å². The highest BCUT2D eigenvalue weighted by Crippen LogP contribution is 2.31. The lowest BCUT2D eigenvalue weighted by Gasteiger charge is -2.20. The first-order valence-corrected chi connectivity index (χ1v) is 7.01. The van der Waals surface area contributed by atoms with E-state index in [0.717, 1.165) is 4.90 Å². The van der Waals surface area contributed by atoms with E-state index >= 15 is 0 Å². The molecule has 0 radical (unpaired) electrons. The van der Waals surface area contributed by atoms with Gasteiger partial charge in [-0.2, -0.15) is 0 Å². The maximum Gasteiger partial charge on any atom is 0.327 e. The summed E-state index contributed by atoms with van der Waals surface area (Å²) in [6.07, 6.45) is 0. The normalized spacial score (nSPS) is 18.1. The van der Waals surface area contributed by atoms with Crippen molar-refractivity contribution < 1.29 is 19.6 Å². The summed E-state index contributed by atoms with van der Waals surface area (Å²) in [6, 6.07) is 2.94. The van der Waals surface area contributed by atoms with Crippen LogP contribution in [0.3, 0.4) is 0 Å². The zero-order valence-corrected chi connectivity index (χ0v) is 11.6. The zero-order chi connectivity index (χ0) is 14.9. The van der Waals surface area contributed by atoms with Crippen LogP contribution in [0.1, 0.15) is 10.4 Å². The predicted octanol–water partition coefficient (Wildman–Crippen LogP) is 1.85. The topological polar surface area (TPSA) is 101 Å². The summed E-state index contributed by atoms with van der Waals surface area (Å²) < 4.78 is 0. The number of carboxylic acid groups (broad SMARTS) is 1. The van der Waals surface area contributed by atoms with Gasteiger partial charge < -0.3 is 10.0 Å². The average Bonchev–Trinajstić information content (AvgIpc) is 2.87. The van der Waals surface area contributed by atoms with Crippen molar-refractivity contribution in [2.75, 3.05) is 11.6 Å². The minimum absolute atomic E-state index is 0.0605. The average molecular weight is 317 g/mol. The number of carbonyl (C=O) groups is 2. The number of amides is 1. The number of nitro benzene ring substituents is 1. The van der Waals surface area contributed by atoms with Crippen LogP contribution in [0, 0.1) is 10.1 Å². The van der Waals surface area contributed by atoms with E-state index in [0.29, 0.717) is 0 Å². The third-order valence-corrected chi connectivity index (χ3v) is 4.24. The summed E-state index contributed by atoms with van der Waals surface area (Å²) in [6.45, 7) is 0. The Kier molecular flexibility index (Phi) is 4.15. The van der Waals surface area contributed by atoms with Crippen LogP contribution in [-0.2, 0) is 4.79 Å². The van der Waals surface area contributed by atoms with Crippen LogP contribution in [0.15, 0.2) is 18.2 Å². The van der Waals surface area contributed by atoms with Crippen LogP contribution in [-0.4, -0.2) is 44.5 Å². The number of nitrogens with zero attached hydrogens (tertiary/aromatic N) is 2. The Morgan fingerprint density at radius 2 is 2.20 bits per heavy atom. The number of hydrogen-bond donors (Lipinski definition) is 1. The lowest BCUT2D eigenvalue weighted by Crippen LogP contribution is -2.41. The van der Waals surface area contributed by atoms with Crippen molar-refractivity contribution in [2.45, 2.75) is 6.04 Å². The van der Waals surface area contributed by atoms with Crippen molar-refractivity contribution in [3.05, 3.63) is 38.9 Å². The SMILES string of the molecule is O=C(O)C1CSCN1C(=O)c1cccc([N+](=O)[O-])c1Cl. The third-order valence-electron chi connectivity index (χ3n) is 2.83. The smallest absolute Gasteiger partial charge is 0.327 e. The molecule has 1 atom stereocenters. The minimum atomic E-state index is -1.11. The molecule has 2 rings (SSSR count). The predicted molar refractivity (Wildman–Crippen MR) is 73.0 cm³/mol. The van der Waals surface area contributed by atoms with Gasteiger partial charge in [-0.05, 0) is 6.07 Å². The molecule has 1 fully saturated rings. The van der Waals surface area contributed by atoms with Crippen molar-refractivity contribution >= 4 is 40.9 Å². The standard InChI is InChI=1S/C11H9ClN2O5S/c12-9-6(2-1-3-7(9)14(18)19)10(15)13-5-20-4-8(13)11(16)17/h1-3,8H,4-5H2,(H,16,17). The molecule has 0 spiro atoms. The molecule has 1 heterocycles. The van der Waals surface area contributed by atoms with Crippen LogP contribution in [0.4, 0.5) is 5.69 Å². The second-order valence-electron chi connectivity index (χ2n) is 4.02. The molecule has 1 aliphatic rings. The van der Waals surface area contributed by atoms with E-state index in [4.69, 9.17) is 16.7 Å². The minimum Gasteiger partial charge on any atom is -0.480 e. The van der Waals surface area contributed by atoms with E-state index in [1.54, 1.807) is 0 Å². The summed E-state index contributed by atoms with van der Waals surface area (Å²) in [7, 11) is 0. The Hall–Kier alpha value is -1.80. The Balaban J connectivity index is 2.37. The Labute approximate surface area is 122 Å². The number of thioether (sulfide) groups is 1. The fourth-order valence-corrected chi connectivity index (χ4v) is 3.25. The molecule has 1 aromatic carbocycles. The molecule has 0 bridgehead atoms. The molecule has 20 heavy (non-hydrogen) atoms. The van der Waals surface area contributed by atoms with E-state index < -0.39 is 22.8 Å². The van der Waals surface area contributed by atoms with Crippen molar-refractivity contribution in [1.29, 1.82) is 0 Å². The second kappa shape index (κ2) is 5.68. The monoisotopic (exact) mass is 316 g/mol. The van der Waals surface area contributed by atoms with Gasteiger partial charge in [0.1, 0.15) is 11.1 Å². The molecule has 1 N–H and O–H groups in total. The highest BCUT2D eigenvalue weighted by Gasteiger charge is 2.36. The molecule has 9 heteroatoms. The Morgan fingerprint density at radius 3 is 2.80 bits per heavy atom. The van der Waals surface area contributed by atoms with Crippen LogP contribution in [0.5, 0.6) is 0 Å². The van der Waals surface area contributed by atoms with Gasteiger partial charge in [-0.25, -0.2) is 4.79 Å². The fraction of sp³-hybridized carbons (Fsp3) is 0.273. The van der Waals surface area contributed by atoms with Gasteiger partial charge in [-0.1, -0.05) is 17.7 Å². The molecular formula is C11H9ClN2O5S. The van der Waals surface area contributed by atoms with Gasteiger partial charge in [0.2, 0.25) is 0 Å². The summed E-state index contributed by atoms with van der Waals surface area (Å²) in [5.74, 6) is -1.22. The van der Waals surface area contributed by atoms with Gasteiger partial charge >= 0.3 is 5.97 Å². The maximum absolute atomic E-state index is 12.3. The highest BCUT2D eigenvalue weighted by atomic mass is 35.5. The number of halogens is 1. The largest absolute Gasteiger partial charge is 0.480 e. The molecule has 1 aliphatic heterocycles. The first-order chi connectivity index (χ1) is 9.43. The first kappa shape index (κ1) is 14.6. The molecule has 0 aromatic heterocycles. The molecule has 0 saturated carbocycles. The lowest BCUT2D eigenvalue weighted by atomic mass is 10.1. The molecule has 1 aromatic rings. The number of rotatable bonds is 3. The molecule has 7 nitrogen and oxygen atoms in total. The fourth-order valence-electron chi connectivity index (χ4n) is 1.83. The van der Waals surface area contributed by atoms with E-state index in [2.05, 4.69) is 0 Å². The van der Waals surface area contributed by atoms with E-state index in [1.807, 2.05) is 0 Å².